The van der Waals surface area contributed by atoms with Gasteiger partial charge in [0, 0.05) is 39.4 Å². The zero-order valence-corrected chi connectivity index (χ0v) is 15.1. The van der Waals surface area contributed by atoms with Crippen molar-refractivity contribution >= 4 is 45.0 Å². The number of rotatable bonds is 5. The first-order valence-electron chi connectivity index (χ1n) is 8.28. The van der Waals surface area contributed by atoms with Crippen LogP contribution >= 0.6 is 23.2 Å². The Morgan fingerprint density at radius 2 is 1.44 bits per heavy atom. The Morgan fingerprint density at radius 3 is 2.12 bits per heavy atom. The van der Waals surface area contributed by atoms with E-state index in [0.717, 1.165) is 13.0 Å². The number of benzene rings is 3. The number of fused-ring (bicyclic) bond motifs is 3. The van der Waals surface area contributed by atoms with Gasteiger partial charge in [0.05, 0.1) is 11.6 Å². The van der Waals surface area contributed by atoms with E-state index in [4.69, 9.17) is 27.9 Å². The maximum absolute atomic E-state index is 6.14. The smallest absolute Gasteiger partial charge is 0.139 e. The van der Waals surface area contributed by atoms with Crippen molar-refractivity contribution in [3.63, 3.8) is 0 Å². The molecule has 0 spiro atoms. The summed E-state index contributed by atoms with van der Waals surface area (Å²) in [5.41, 5.74) is 2.51. The fourth-order valence-electron chi connectivity index (χ4n) is 3.24. The van der Waals surface area contributed by atoms with Crippen molar-refractivity contribution in [3.8, 4) is 5.75 Å². The molecule has 0 bridgehead atoms. The number of hydrogen-bond donors (Lipinski definition) is 0. The fraction of sp³-hybridized carbons (Fsp3) is 0.143. The van der Waals surface area contributed by atoms with Gasteiger partial charge in [-0.15, -0.1) is 0 Å². The highest BCUT2D eigenvalue weighted by molar-refractivity contribution is 6.34. The van der Waals surface area contributed by atoms with Gasteiger partial charge in [-0.25, -0.2) is 0 Å². The van der Waals surface area contributed by atoms with Gasteiger partial charge in [-0.3, -0.25) is 0 Å². The van der Waals surface area contributed by atoms with Gasteiger partial charge in [0.25, 0.3) is 0 Å². The van der Waals surface area contributed by atoms with Gasteiger partial charge >= 0.3 is 0 Å². The molecule has 126 valence electrons. The minimum atomic E-state index is 0.584. The quantitative estimate of drug-likeness (QED) is 0.362. The van der Waals surface area contributed by atoms with Gasteiger partial charge < -0.3 is 9.30 Å². The second kappa shape index (κ2) is 6.99. The average Bonchev–Trinajstić information content (AvgIpc) is 2.96. The van der Waals surface area contributed by atoms with E-state index in [1.807, 2.05) is 0 Å². The van der Waals surface area contributed by atoms with Crippen LogP contribution < -0.4 is 4.74 Å². The fourth-order valence-corrected chi connectivity index (χ4v) is 3.57. The van der Waals surface area contributed by atoms with Gasteiger partial charge in [0.15, 0.2) is 0 Å². The molecular weight excluding hydrogens is 353 g/mol. The summed E-state index contributed by atoms with van der Waals surface area (Å²) in [5, 5.41) is 3.79. The second-order valence-electron chi connectivity index (χ2n) is 5.96. The Bertz CT molecular complexity index is 985. The summed E-state index contributed by atoms with van der Waals surface area (Å²) in [4.78, 5) is 0. The number of hydrogen-bond acceptors (Lipinski definition) is 1. The normalized spacial score (nSPS) is 11.3. The van der Waals surface area contributed by atoms with E-state index in [9.17, 15) is 0 Å². The van der Waals surface area contributed by atoms with Crippen LogP contribution in [0.5, 0.6) is 5.75 Å². The van der Waals surface area contributed by atoms with E-state index in [1.54, 1.807) is 18.2 Å². The van der Waals surface area contributed by atoms with Crippen molar-refractivity contribution in [1.29, 1.82) is 0 Å². The Balaban J connectivity index is 1.54. The van der Waals surface area contributed by atoms with Crippen molar-refractivity contribution in [2.45, 2.75) is 13.0 Å². The molecule has 0 amide bonds. The first-order valence-corrected chi connectivity index (χ1v) is 9.03. The molecule has 1 aromatic heterocycles. The third-order valence-electron chi connectivity index (χ3n) is 4.36. The number of halogens is 2. The van der Waals surface area contributed by atoms with E-state index >= 15 is 0 Å². The van der Waals surface area contributed by atoms with Crippen molar-refractivity contribution < 1.29 is 4.74 Å². The Kier molecular flexibility index (Phi) is 4.56. The number of para-hydroxylation sites is 2. The third kappa shape index (κ3) is 3.20. The van der Waals surface area contributed by atoms with Crippen LogP contribution in [-0.4, -0.2) is 11.2 Å². The molecule has 4 aromatic rings. The number of ether oxygens (including phenoxy) is 1. The van der Waals surface area contributed by atoms with Crippen LogP contribution in [0.3, 0.4) is 0 Å². The van der Waals surface area contributed by atoms with Crippen LogP contribution in [0.15, 0.2) is 66.7 Å². The Morgan fingerprint density at radius 1 is 0.800 bits per heavy atom. The molecule has 0 aliphatic rings. The molecule has 2 nitrogen and oxygen atoms in total. The molecule has 0 radical (unpaired) electrons. The molecule has 1 heterocycles. The second-order valence-corrected chi connectivity index (χ2v) is 6.81. The molecule has 4 rings (SSSR count). The van der Waals surface area contributed by atoms with Gasteiger partial charge in [-0.2, -0.15) is 0 Å². The van der Waals surface area contributed by atoms with E-state index in [-0.39, 0.29) is 0 Å². The minimum Gasteiger partial charge on any atom is -0.492 e. The summed E-state index contributed by atoms with van der Waals surface area (Å²) in [6, 6.07) is 22.3. The van der Waals surface area contributed by atoms with Crippen molar-refractivity contribution in [2.75, 3.05) is 6.61 Å². The lowest BCUT2D eigenvalue weighted by molar-refractivity contribution is 0.303. The Hall–Kier alpha value is -2.16. The summed E-state index contributed by atoms with van der Waals surface area (Å²) < 4.78 is 8.17. The SMILES string of the molecule is Clc1ccc(Cl)c(OCCCn2c3ccccc3c3ccccc32)c1. The molecule has 4 heteroatoms. The van der Waals surface area contributed by atoms with Crippen LogP contribution in [0, 0.1) is 0 Å². The lowest BCUT2D eigenvalue weighted by Crippen LogP contribution is -2.04. The van der Waals surface area contributed by atoms with Crippen LogP contribution in [-0.2, 0) is 6.54 Å². The highest BCUT2D eigenvalue weighted by atomic mass is 35.5. The predicted octanol–water partition coefficient (Wildman–Crippen LogP) is 6.57. The lowest BCUT2D eigenvalue weighted by Gasteiger charge is -2.10. The van der Waals surface area contributed by atoms with Crippen LogP contribution in [0.25, 0.3) is 21.8 Å². The molecule has 0 saturated heterocycles. The standard InChI is InChI=1S/C21H17Cl2NO/c22-15-10-11-18(23)21(14-15)25-13-5-12-24-19-8-3-1-6-16(19)17-7-2-4-9-20(17)24/h1-4,6-11,14H,5,12-13H2. The van der Waals surface area contributed by atoms with Crippen LogP contribution in [0.1, 0.15) is 6.42 Å². The molecule has 0 atom stereocenters. The number of aromatic nitrogens is 1. The summed E-state index contributed by atoms with van der Waals surface area (Å²) in [6.45, 7) is 1.47. The van der Waals surface area contributed by atoms with Gasteiger partial charge in [0.2, 0.25) is 0 Å². The minimum absolute atomic E-state index is 0.584. The first-order chi connectivity index (χ1) is 12.2. The summed E-state index contributed by atoms with van der Waals surface area (Å²) in [5.74, 6) is 0.636. The van der Waals surface area contributed by atoms with Crippen LogP contribution in [0.2, 0.25) is 10.0 Å². The number of aryl methyl sites for hydroxylation is 1. The monoisotopic (exact) mass is 369 g/mol. The zero-order chi connectivity index (χ0) is 17.2. The molecule has 3 aromatic carbocycles. The molecule has 25 heavy (non-hydrogen) atoms. The summed E-state index contributed by atoms with van der Waals surface area (Å²) in [7, 11) is 0. The molecule has 0 fully saturated rings. The van der Waals surface area contributed by atoms with Crippen molar-refractivity contribution in [3.05, 3.63) is 76.8 Å². The molecule has 0 unspecified atom stereocenters. The van der Waals surface area contributed by atoms with Gasteiger partial charge in [-0.05, 0) is 30.7 Å². The lowest BCUT2D eigenvalue weighted by atomic mass is 10.2. The highest BCUT2D eigenvalue weighted by Gasteiger charge is 2.09. The third-order valence-corrected chi connectivity index (χ3v) is 4.90. The van der Waals surface area contributed by atoms with Crippen molar-refractivity contribution in [2.24, 2.45) is 0 Å². The zero-order valence-electron chi connectivity index (χ0n) is 13.6. The van der Waals surface area contributed by atoms with E-state index < -0.39 is 0 Å². The predicted molar refractivity (Wildman–Crippen MR) is 106 cm³/mol. The largest absolute Gasteiger partial charge is 0.492 e. The highest BCUT2D eigenvalue weighted by Crippen LogP contribution is 2.30. The van der Waals surface area contributed by atoms with Crippen LogP contribution in [0.4, 0.5) is 0 Å². The van der Waals surface area contributed by atoms with Gasteiger partial charge in [0.1, 0.15) is 5.75 Å². The molecule has 0 aliphatic carbocycles. The maximum Gasteiger partial charge on any atom is 0.139 e. The van der Waals surface area contributed by atoms with E-state index in [0.29, 0.717) is 22.4 Å². The molecule has 0 N–H and O–H groups in total. The van der Waals surface area contributed by atoms with Gasteiger partial charge in [-0.1, -0.05) is 59.6 Å². The number of nitrogens with zero attached hydrogens (tertiary/aromatic N) is 1. The average molecular weight is 370 g/mol. The summed E-state index contributed by atoms with van der Waals surface area (Å²) >= 11 is 12.1. The van der Waals surface area contributed by atoms with E-state index in [1.165, 1.54) is 21.8 Å². The molecule has 0 saturated carbocycles. The topological polar surface area (TPSA) is 14.2 Å². The summed E-state index contributed by atoms with van der Waals surface area (Å²) in [6.07, 6.45) is 0.880. The maximum atomic E-state index is 6.14. The van der Waals surface area contributed by atoms with Crippen molar-refractivity contribution in [1.82, 2.24) is 4.57 Å². The first kappa shape index (κ1) is 16.3. The Labute approximate surface area is 156 Å². The molecule has 0 aliphatic heterocycles. The van der Waals surface area contributed by atoms with E-state index in [2.05, 4.69) is 53.1 Å². The molecular formula is C21H17Cl2NO.